The van der Waals surface area contributed by atoms with Crippen LogP contribution in [0.25, 0.3) is 0 Å². The van der Waals surface area contributed by atoms with Gasteiger partial charge in [0.2, 0.25) is 0 Å². The Morgan fingerprint density at radius 2 is 2.08 bits per heavy atom. The van der Waals surface area contributed by atoms with E-state index in [-0.39, 0.29) is 0 Å². The highest BCUT2D eigenvalue weighted by Crippen LogP contribution is 2.28. The van der Waals surface area contributed by atoms with Gasteiger partial charge in [-0.1, -0.05) is 17.3 Å². The van der Waals surface area contributed by atoms with E-state index in [9.17, 15) is 0 Å². The summed E-state index contributed by atoms with van der Waals surface area (Å²) in [6.07, 6.45) is 9.56. The number of hydrogen-bond donors (Lipinski definition) is 0. The van der Waals surface area contributed by atoms with Gasteiger partial charge in [-0.3, -0.25) is 0 Å². The number of oxime groups is 1. The van der Waals surface area contributed by atoms with Crippen molar-refractivity contribution >= 4 is 5.71 Å². The molecule has 1 aliphatic heterocycles. The lowest BCUT2D eigenvalue weighted by Crippen LogP contribution is -2.22. The Hall–Kier alpha value is -0.790. The summed E-state index contributed by atoms with van der Waals surface area (Å²) in [6, 6.07) is 0. The minimum Gasteiger partial charge on any atom is -0.392 e. The Labute approximate surface area is 73.3 Å². The van der Waals surface area contributed by atoms with Crippen LogP contribution in [0.1, 0.15) is 32.6 Å². The van der Waals surface area contributed by atoms with Gasteiger partial charge >= 0.3 is 0 Å². The molecule has 2 rings (SSSR count). The predicted octanol–water partition coefficient (Wildman–Crippen LogP) is 2.51. The average Bonchev–Trinajstić information content (AvgIpc) is 2.31. The van der Waals surface area contributed by atoms with Crippen LogP contribution in [0.3, 0.4) is 0 Å². The zero-order chi connectivity index (χ0) is 8.39. The van der Waals surface area contributed by atoms with Gasteiger partial charge in [-0.2, -0.15) is 0 Å². The third-order valence-electron chi connectivity index (χ3n) is 2.75. The van der Waals surface area contributed by atoms with Gasteiger partial charge in [-0.15, -0.1) is 0 Å². The van der Waals surface area contributed by atoms with Crippen LogP contribution in [-0.2, 0) is 4.84 Å². The highest BCUT2D eigenvalue weighted by Gasteiger charge is 2.30. The molecule has 2 unspecified atom stereocenters. The van der Waals surface area contributed by atoms with E-state index in [1.54, 1.807) is 0 Å². The van der Waals surface area contributed by atoms with E-state index in [0.717, 1.165) is 12.8 Å². The maximum absolute atomic E-state index is 5.36. The Balaban J connectivity index is 2.06. The summed E-state index contributed by atoms with van der Waals surface area (Å²) in [5.41, 5.74) is 1.19. The molecule has 0 fully saturated rings. The summed E-state index contributed by atoms with van der Waals surface area (Å²) in [7, 11) is 0. The second-order valence-corrected chi connectivity index (χ2v) is 3.61. The third-order valence-corrected chi connectivity index (χ3v) is 2.75. The SMILES string of the molecule is CC1=NOC2CC/C=C\CCC12. The Morgan fingerprint density at radius 3 is 2.92 bits per heavy atom. The lowest BCUT2D eigenvalue weighted by atomic mass is 9.89. The van der Waals surface area contributed by atoms with Crippen molar-refractivity contribution in [3.8, 4) is 0 Å². The minimum absolute atomic E-state index is 0.370. The maximum atomic E-state index is 5.36. The van der Waals surface area contributed by atoms with Crippen molar-refractivity contribution in [2.45, 2.75) is 38.7 Å². The zero-order valence-electron chi connectivity index (χ0n) is 7.49. The van der Waals surface area contributed by atoms with Crippen LogP contribution in [0.4, 0.5) is 0 Å². The van der Waals surface area contributed by atoms with Gasteiger partial charge in [0, 0.05) is 5.92 Å². The fraction of sp³-hybridized carbons (Fsp3) is 0.700. The van der Waals surface area contributed by atoms with Gasteiger partial charge in [0.15, 0.2) is 0 Å². The average molecular weight is 165 g/mol. The monoisotopic (exact) mass is 165 g/mol. The van der Waals surface area contributed by atoms with E-state index < -0.39 is 0 Å². The standard InChI is InChI=1S/C10H15NO/c1-8-9-6-4-2-3-5-7-10(9)12-11-8/h2-3,9-10H,4-7H2,1H3/b3-2-. The number of allylic oxidation sites excluding steroid dienone is 2. The maximum Gasteiger partial charge on any atom is 0.136 e. The van der Waals surface area contributed by atoms with Gasteiger partial charge in [0.05, 0.1) is 5.71 Å². The van der Waals surface area contributed by atoms with Crippen molar-refractivity contribution in [3.63, 3.8) is 0 Å². The molecular formula is C10H15NO. The van der Waals surface area contributed by atoms with Crippen LogP contribution in [0.5, 0.6) is 0 Å². The molecule has 2 heteroatoms. The summed E-state index contributed by atoms with van der Waals surface area (Å²) >= 11 is 0. The van der Waals surface area contributed by atoms with Gasteiger partial charge in [-0.05, 0) is 32.6 Å². The summed E-state index contributed by atoms with van der Waals surface area (Å²) in [5.74, 6) is 0.593. The molecule has 0 aromatic rings. The Kier molecular flexibility index (Phi) is 2.15. The van der Waals surface area contributed by atoms with E-state index >= 15 is 0 Å². The molecule has 0 N–H and O–H groups in total. The summed E-state index contributed by atoms with van der Waals surface area (Å²) < 4.78 is 0. The second kappa shape index (κ2) is 3.30. The molecule has 0 radical (unpaired) electrons. The van der Waals surface area contributed by atoms with Gasteiger partial charge in [0.1, 0.15) is 6.10 Å². The van der Waals surface area contributed by atoms with Crippen LogP contribution in [0.15, 0.2) is 17.3 Å². The van der Waals surface area contributed by atoms with Crippen molar-refractivity contribution in [1.82, 2.24) is 0 Å². The molecule has 1 aliphatic carbocycles. The second-order valence-electron chi connectivity index (χ2n) is 3.61. The lowest BCUT2D eigenvalue weighted by molar-refractivity contribution is 0.0538. The van der Waals surface area contributed by atoms with Gasteiger partial charge in [-0.25, -0.2) is 0 Å². The van der Waals surface area contributed by atoms with E-state index in [2.05, 4.69) is 24.2 Å². The fourth-order valence-corrected chi connectivity index (χ4v) is 1.98. The van der Waals surface area contributed by atoms with E-state index in [1.807, 2.05) is 0 Å². The number of rotatable bonds is 0. The van der Waals surface area contributed by atoms with E-state index in [0.29, 0.717) is 12.0 Å². The molecule has 2 aliphatic rings. The molecule has 2 nitrogen and oxygen atoms in total. The first-order valence-corrected chi connectivity index (χ1v) is 4.73. The summed E-state index contributed by atoms with van der Waals surface area (Å²) in [5, 5.41) is 4.05. The zero-order valence-corrected chi connectivity index (χ0v) is 7.49. The van der Waals surface area contributed by atoms with E-state index in [1.165, 1.54) is 18.6 Å². The first-order valence-electron chi connectivity index (χ1n) is 4.73. The quantitative estimate of drug-likeness (QED) is 0.505. The topological polar surface area (TPSA) is 21.6 Å². The first kappa shape index (κ1) is 7.84. The molecule has 0 aromatic carbocycles. The van der Waals surface area contributed by atoms with Gasteiger partial charge < -0.3 is 4.84 Å². The molecule has 66 valence electrons. The molecule has 0 aromatic heterocycles. The highest BCUT2D eigenvalue weighted by atomic mass is 16.6. The summed E-state index contributed by atoms with van der Waals surface area (Å²) in [6.45, 7) is 2.08. The third kappa shape index (κ3) is 1.38. The number of nitrogens with zero attached hydrogens (tertiary/aromatic N) is 1. The van der Waals surface area contributed by atoms with Crippen LogP contribution in [-0.4, -0.2) is 11.8 Å². The molecule has 1 heterocycles. The smallest absolute Gasteiger partial charge is 0.136 e. The molecule has 2 atom stereocenters. The molecule has 0 saturated carbocycles. The van der Waals surface area contributed by atoms with Crippen LogP contribution in [0.2, 0.25) is 0 Å². The largest absolute Gasteiger partial charge is 0.392 e. The predicted molar refractivity (Wildman–Crippen MR) is 49.1 cm³/mol. The Bertz CT molecular complexity index is 220. The van der Waals surface area contributed by atoms with Crippen LogP contribution >= 0.6 is 0 Å². The van der Waals surface area contributed by atoms with E-state index in [4.69, 9.17) is 4.84 Å². The molecule has 0 saturated heterocycles. The van der Waals surface area contributed by atoms with Crippen molar-refractivity contribution in [1.29, 1.82) is 0 Å². The normalized spacial score (nSPS) is 37.2. The highest BCUT2D eigenvalue weighted by molar-refractivity contribution is 5.85. The fourth-order valence-electron chi connectivity index (χ4n) is 1.98. The molecular weight excluding hydrogens is 150 g/mol. The Morgan fingerprint density at radius 1 is 1.33 bits per heavy atom. The molecule has 0 amide bonds. The van der Waals surface area contributed by atoms with Gasteiger partial charge in [0.25, 0.3) is 0 Å². The van der Waals surface area contributed by atoms with Crippen molar-refractivity contribution in [2.24, 2.45) is 11.1 Å². The number of hydrogen-bond acceptors (Lipinski definition) is 2. The summed E-state index contributed by atoms with van der Waals surface area (Å²) in [4.78, 5) is 5.36. The van der Waals surface area contributed by atoms with Crippen molar-refractivity contribution in [2.75, 3.05) is 0 Å². The first-order chi connectivity index (χ1) is 5.88. The van der Waals surface area contributed by atoms with Crippen molar-refractivity contribution in [3.05, 3.63) is 12.2 Å². The lowest BCUT2D eigenvalue weighted by Gasteiger charge is -2.17. The molecule has 0 bridgehead atoms. The minimum atomic E-state index is 0.370. The molecule has 12 heavy (non-hydrogen) atoms. The van der Waals surface area contributed by atoms with Crippen LogP contribution in [0, 0.1) is 5.92 Å². The molecule has 0 spiro atoms. The number of fused-ring (bicyclic) bond motifs is 1. The van der Waals surface area contributed by atoms with Crippen LogP contribution < -0.4 is 0 Å². The van der Waals surface area contributed by atoms with Crippen molar-refractivity contribution < 1.29 is 4.84 Å².